The van der Waals surface area contributed by atoms with E-state index in [9.17, 15) is 4.79 Å². The van der Waals surface area contributed by atoms with Gasteiger partial charge in [-0.25, -0.2) is 15.0 Å². The van der Waals surface area contributed by atoms with Gasteiger partial charge in [0, 0.05) is 31.6 Å². The second-order valence-corrected chi connectivity index (χ2v) is 11.3. The lowest BCUT2D eigenvalue weighted by Crippen LogP contribution is -2.31. The van der Waals surface area contributed by atoms with Gasteiger partial charge in [-0.15, -0.1) is 12.3 Å². The second kappa shape index (κ2) is 10.6. The lowest BCUT2D eigenvalue weighted by molar-refractivity contribution is 0.100. The van der Waals surface area contributed by atoms with E-state index in [1.165, 1.54) is 31.7 Å². The van der Waals surface area contributed by atoms with Crippen molar-refractivity contribution in [3.8, 4) is 23.9 Å². The number of ketones is 1. The maximum absolute atomic E-state index is 12.4. The molecule has 7 nitrogen and oxygen atoms in total. The predicted molar refractivity (Wildman–Crippen MR) is 147 cm³/mol. The molecule has 0 aromatic carbocycles. The number of rotatable bonds is 8. The first-order valence-electron chi connectivity index (χ1n) is 13.8. The van der Waals surface area contributed by atoms with Gasteiger partial charge in [-0.3, -0.25) is 9.78 Å². The number of carbonyl (C=O) groups excluding carboxylic acids is 1. The summed E-state index contributed by atoms with van der Waals surface area (Å²) in [6.07, 6.45) is 15.6. The SMILES string of the molecule is C#CC1CCC(Cn2c(-c3cc(C(C)C)ccn3)nc3nc(C(C)=O)nc(N[C@H](C)C4CCC4)c32)CC1. The summed E-state index contributed by atoms with van der Waals surface area (Å²) in [5, 5.41) is 3.66. The standard InChI is InChI=1S/C30H38N6O/c1-6-21-10-12-22(13-11-21)17-36-26-28(32-19(4)23-8-7-9-23)33-27(20(5)37)34-29(26)35-30(36)25-16-24(18(2)3)14-15-31-25/h1,14-16,18-19,21-23H,7-13,17H2,2-5H3,(H,32,33,34)/t19-,21?,22?/m1/s1. The van der Waals surface area contributed by atoms with Gasteiger partial charge >= 0.3 is 0 Å². The highest BCUT2D eigenvalue weighted by atomic mass is 16.1. The molecular weight excluding hydrogens is 460 g/mol. The minimum Gasteiger partial charge on any atom is -0.365 e. The maximum Gasteiger partial charge on any atom is 0.199 e. The van der Waals surface area contributed by atoms with E-state index in [2.05, 4.69) is 53.7 Å². The number of fused-ring (bicyclic) bond motifs is 1. The number of Topliss-reactive ketones (excluding diaryl/α,β-unsaturated/α-hetero) is 1. The number of imidazole rings is 1. The van der Waals surface area contributed by atoms with E-state index in [1.807, 2.05) is 6.20 Å². The van der Waals surface area contributed by atoms with Crippen LogP contribution in [0.25, 0.3) is 22.7 Å². The molecule has 1 atom stereocenters. The third-order valence-electron chi connectivity index (χ3n) is 8.34. The van der Waals surface area contributed by atoms with Crippen LogP contribution in [0.2, 0.25) is 0 Å². The molecule has 194 valence electrons. The number of nitrogens with one attached hydrogen (secondary N) is 1. The summed E-state index contributed by atoms with van der Waals surface area (Å²) >= 11 is 0. The van der Waals surface area contributed by atoms with Gasteiger partial charge < -0.3 is 9.88 Å². The minimum atomic E-state index is -0.162. The summed E-state index contributed by atoms with van der Waals surface area (Å²) in [6.45, 7) is 8.88. The summed E-state index contributed by atoms with van der Waals surface area (Å²) in [4.78, 5) is 31.4. The van der Waals surface area contributed by atoms with Gasteiger partial charge in [0.15, 0.2) is 28.9 Å². The number of anilines is 1. The molecule has 0 spiro atoms. The van der Waals surface area contributed by atoms with Crippen LogP contribution >= 0.6 is 0 Å². The summed E-state index contributed by atoms with van der Waals surface area (Å²) < 4.78 is 2.25. The third kappa shape index (κ3) is 5.25. The number of nitrogens with zero attached hydrogens (tertiary/aromatic N) is 5. The van der Waals surface area contributed by atoms with E-state index in [0.717, 1.165) is 49.3 Å². The van der Waals surface area contributed by atoms with Crippen molar-refractivity contribution < 1.29 is 4.79 Å². The van der Waals surface area contributed by atoms with Crippen LogP contribution in [0.1, 0.15) is 94.7 Å². The molecule has 3 aromatic heterocycles. The predicted octanol–water partition coefficient (Wildman–Crippen LogP) is 6.25. The van der Waals surface area contributed by atoms with E-state index in [-0.39, 0.29) is 17.6 Å². The first-order valence-corrected chi connectivity index (χ1v) is 13.8. The monoisotopic (exact) mass is 498 g/mol. The molecule has 0 saturated heterocycles. The smallest absolute Gasteiger partial charge is 0.199 e. The summed E-state index contributed by atoms with van der Waals surface area (Å²) in [5.74, 6) is 6.32. The average molecular weight is 499 g/mol. The van der Waals surface area contributed by atoms with Crippen molar-refractivity contribution in [2.24, 2.45) is 17.8 Å². The van der Waals surface area contributed by atoms with Crippen LogP contribution in [0.15, 0.2) is 18.3 Å². The Hall–Kier alpha value is -3.27. The van der Waals surface area contributed by atoms with Crippen molar-refractivity contribution in [1.82, 2.24) is 24.5 Å². The highest BCUT2D eigenvalue weighted by Gasteiger charge is 2.29. The fourth-order valence-corrected chi connectivity index (χ4v) is 5.64. The average Bonchev–Trinajstić information content (AvgIpc) is 3.22. The Morgan fingerprint density at radius 3 is 2.51 bits per heavy atom. The molecule has 0 amide bonds. The quantitative estimate of drug-likeness (QED) is 0.292. The van der Waals surface area contributed by atoms with Crippen molar-refractivity contribution in [2.75, 3.05) is 5.32 Å². The number of pyridine rings is 1. The largest absolute Gasteiger partial charge is 0.365 e. The highest BCUT2D eigenvalue weighted by Crippen LogP contribution is 2.36. The van der Waals surface area contributed by atoms with Gasteiger partial charge in [0.2, 0.25) is 0 Å². The zero-order valence-electron chi connectivity index (χ0n) is 22.5. The van der Waals surface area contributed by atoms with E-state index < -0.39 is 0 Å². The molecule has 2 saturated carbocycles. The Balaban J connectivity index is 1.64. The Labute approximate surface area is 219 Å². The summed E-state index contributed by atoms with van der Waals surface area (Å²) in [7, 11) is 0. The summed E-state index contributed by atoms with van der Waals surface area (Å²) in [6, 6.07) is 4.44. The molecule has 37 heavy (non-hydrogen) atoms. The normalized spacial score (nSPS) is 21.0. The van der Waals surface area contributed by atoms with Crippen LogP contribution in [0, 0.1) is 30.1 Å². The van der Waals surface area contributed by atoms with Gasteiger partial charge in [-0.05, 0) is 80.9 Å². The molecule has 0 bridgehead atoms. The number of carbonyl (C=O) groups is 1. The van der Waals surface area contributed by atoms with Gasteiger partial charge in [-0.2, -0.15) is 0 Å². The zero-order valence-corrected chi connectivity index (χ0v) is 22.5. The molecule has 5 rings (SSSR count). The Kier molecular flexibility index (Phi) is 7.28. The molecule has 3 heterocycles. The minimum absolute atomic E-state index is 0.162. The Morgan fingerprint density at radius 1 is 1.14 bits per heavy atom. The second-order valence-electron chi connectivity index (χ2n) is 11.3. The molecule has 1 N–H and O–H groups in total. The molecule has 0 aliphatic heterocycles. The van der Waals surface area contributed by atoms with Crippen LogP contribution in [0.4, 0.5) is 5.82 Å². The van der Waals surface area contributed by atoms with Crippen molar-refractivity contribution in [2.45, 2.75) is 91.1 Å². The Bertz CT molecular complexity index is 1320. The molecule has 0 unspecified atom stereocenters. The van der Waals surface area contributed by atoms with Crippen LogP contribution in [0.3, 0.4) is 0 Å². The van der Waals surface area contributed by atoms with Crippen molar-refractivity contribution in [3.63, 3.8) is 0 Å². The Morgan fingerprint density at radius 2 is 1.89 bits per heavy atom. The molecule has 2 aliphatic carbocycles. The molecule has 7 heteroatoms. The van der Waals surface area contributed by atoms with Crippen LogP contribution in [0.5, 0.6) is 0 Å². The van der Waals surface area contributed by atoms with Gasteiger partial charge in [-0.1, -0.05) is 20.3 Å². The number of aromatic nitrogens is 5. The van der Waals surface area contributed by atoms with E-state index in [1.54, 1.807) is 0 Å². The van der Waals surface area contributed by atoms with Crippen molar-refractivity contribution >= 4 is 22.8 Å². The highest BCUT2D eigenvalue weighted by molar-refractivity contribution is 5.95. The third-order valence-corrected chi connectivity index (χ3v) is 8.34. The fourth-order valence-electron chi connectivity index (χ4n) is 5.64. The number of hydrogen-bond acceptors (Lipinski definition) is 6. The van der Waals surface area contributed by atoms with Crippen molar-refractivity contribution in [3.05, 3.63) is 29.7 Å². The van der Waals surface area contributed by atoms with E-state index in [0.29, 0.717) is 35.1 Å². The molecule has 2 aliphatic rings. The van der Waals surface area contributed by atoms with Crippen LogP contribution < -0.4 is 5.32 Å². The zero-order chi connectivity index (χ0) is 26.1. The molecular formula is C30H38N6O. The van der Waals surface area contributed by atoms with E-state index in [4.69, 9.17) is 21.4 Å². The number of terminal acetylenes is 1. The van der Waals surface area contributed by atoms with Gasteiger partial charge in [0.05, 0.1) is 0 Å². The van der Waals surface area contributed by atoms with Crippen LogP contribution in [-0.4, -0.2) is 36.3 Å². The molecule has 0 radical (unpaired) electrons. The van der Waals surface area contributed by atoms with Gasteiger partial charge in [0.1, 0.15) is 11.2 Å². The van der Waals surface area contributed by atoms with Gasteiger partial charge in [0.25, 0.3) is 0 Å². The van der Waals surface area contributed by atoms with E-state index >= 15 is 0 Å². The molecule has 2 fully saturated rings. The lowest BCUT2D eigenvalue weighted by atomic mass is 9.80. The summed E-state index contributed by atoms with van der Waals surface area (Å²) in [5.41, 5.74) is 3.45. The lowest BCUT2D eigenvalue weighted by Gasteiger charge is -2.32. The number of hydrogen-bond donors (Lipinski definition) is 1. The fraction of sp³-hybridized carbons (Fsp3) is 0.567. The van der Waals surface area contributed by atoms with Crippen LogP contribution in [-0.2, 0) is 6.54 Å². The first-order chi connectivity index (χ1) is 17.8. The first kappa shape index (κ1) is 25.4. The van der Waals surface area contributed by atoms with Crippen molar-refractivity contribution in [1.29, 1.82) is 0 Å². The molecule has 3 aromatic rings. The maximum atomic E-state index is 12.4. The topological polar surface area (TPSA) is 85.6 Å².